The molecule has 2 aromatic rings. The lowest BCUT2D eigenvalue weighted by Crippen LogP contribution is -2.44. The van der Waals surface area contributed by atoms with Crippen molar-refractivity contribution in [3.63, 3.8) is 0 Å². The molecule has 24 heavy (non-hydrogen) atoms. The van der Waals surface area contributed by atoms with E-state index in [1.54, 1.807) is 24.3 Å². The van der Waals surface area contributed by atoms with Gasteiger partial charge in [-0.05, 0) is 37.8 Å². The van der Waals surface area contributed by atoms with E-state index in [1.165, 1.54) is 11.1 Å². The Morgan fingerprint density at radius 1 is 1.21 bits per heavy atom. The maximum absolute atomic E-state index is 12.5. The molecule has 6 heteroatoms. The minimum Gasteiger partial charge on any atom is -0.340 e. The maximum atomic E-state index is 12.5. The number of hydrogen-bond donors (Lipinski definition) is 1. The number of nitrogens with one attached hydrogen (secondary N) is 1. The van der Waals surface area contributed by atoms with Gasteiger partial charge < -0.3 is 4.90 Å². The van der Waals surface area contributed by atoms with Crippen molar-refractivity contribution in [1.29, 1.82) is 0 Å². The Kier molecular flexibility index (Phi) is 4.83. The summed E-state index contributed by atoms with van der Waals surface area (Å²) in [6.07, 6.45) is 4.44. The van der Waals surface area contributed by atoms with E-state index in [1.807, 2.05) is 4.90 Å². The molecular weight excluding hydrogens is 306 g/mol. The number of fused-ring (bicyclic) bond motifs is 1. The molecule has 1 aromatic heterocycles. The molecule has 128 valence electrons. The number of aromatic nitrogens is 2. The van der Waals surface area contributed by atoms with Crippen molar-refractivity contribution in [2.75, 3.05) is 6.54 Å². The van der Waals surface area contributed by atoms with Gasteiger partial charge in [0.25, 0.3) is 11.1 Å². The molecule has 1 saturated heterocycles. The summed E-state index contributed by atoms with van der Waals surface area (Å²) in [5, 5.41) is 3.35. The molecule has 2 heterocycles. The fraction of sp³-hybridized carbons (Fsp3) is 0.500. The summed E-state index contributed by atoms with van der Waals surface area (Å²) >= 11 is 0. The minimum absolute atomic E-state index is 0.0578. The van der Waals surface area contributed by atoms with E-state index in [-0.39, 0.29) is 30.0 Å². The van der Waals surface area contributed by atoms with Crippen LogP contribution in [0.2, 0.25) is 0 Å². The molecule has 1 aromatic carbocycles. The Morgan fingerprint density at radius 3 is 2.71 bits per heavy atom. The van der Waals surface area contributed by atoms with E-state index in [9.17, 15) is 14.4 Å². The lowest BCUT2D eigenvalue weighted by molar-refractivity contribution is -0.135. The number of H-pyrrole nitrogens is 1. The van der Waals surface area contributed by atoms with Crippen LogP contribution in [0.15, 0.2) is 33.9 Å². The quantitative estimate of drug-likeness (QED) is 0.930. The Balaban J connectivity index is 1.78. The average molecular weight is 329 g/mol. The first kappa shape index (κ1) is 16.5. The summed E-state index contributed by atoms with van der Waals surface area (Å²) in [6.45, 7) is 3.09. The van der Waals surface area contributed by atoms with Crippen LogP contribution >= 0.6 is 0 Å². The summed E-state index contributed by atoms with van der Waals surface area (Å²) < 4.78 is 1.26. The summed E-state index contributed by atoms with van der Waals surface area (Å²) in [5.41, 5.74) is -0.564. The highest BCUT2D eigenvalue weighted by Crippen LogP contribution is 2.20. The molecule has 0 saturated carbocycles. The number of rotatable bonds is 4. The molecule has 1 atom stereocenters. The van der Waals surface area contributed by atoms with Crippen LogP contribution in [-0.4, -0.2) is 33.2 Å². The highest BCUT2D eigenvalue weighted by molar-refractivity contribution is 5.80. The van der Waals surface area contributed by atoms with Crippen molar-refractivity contribution in [3.05, 3.63) is 45.0 Å². The second-order valence-corrected chi connectivity index (χ2v) is 6.34. The topological polar surface area (TPSA) is 75.2 Å². The maximum Gasteiger partial charge on any atom is 0.273 e. The second-order valence-electron chi connectivity index (χ2n) is 6.34. The zero-order valence-electron chi connectivity index (χ0n) is 14.0. The zero-order valence-corrected chi connectivity index (χ0v) is 14.0. The zero-order chi connectivity index (χ0) is 17.1. The average Bonchev–Trinajstić information content (AvgIpc) is 2.63. The van der Waals surface area contributed by atoms with Gasteiger partial charge in [-0.3, -0.25) is 19.5 Å². The van der Waals surface area contributed by atoms with E-state index in [2.05, 4.69) is 12.0 Å². The van der Waals surface area contributed by atoms with Crippen LogP contribution in [0.5, 0.6) is 0 Å². The third-order valence-corrected chi connectivity index (χ3v) is 4.85. The van der Waals surface area contributed by atoms with E-state index < -0.39 is 0 Å². The number of piperidine rings is 1. The molecule has 1 amide bonds. The third-order valence-electron chi connectivity index (χ3n) is 4.85. The lowest BCUT2D eigenvalue weighted by Gasteiger charge is -2.35. The number of amides is 1. The van der Waals surface area contributed by atoms with Crippen molar-refractivity contribution >= 4 is 16.7 Å². The van der Waals surface area contributed by atoms with Gasteiger partial charge in [-0.2, -0.15) is 0 Å². The first-order chi connectivity index (χ1) is 11.6. The first-order valence-electron chi connectivity index (χ1n) is 8.63. The van der Waals surface area contributed by atoms with Gasteiger partial charge in [-0.25, -0.2) is 4.68 Å². The normalized spacial score (nSPS) is 18.0. The van der Waals surface area contributed by atoms with Gasteiger partial charge in [0.05, 0.1) is 17.3 Å². The summed E-state index contributed by atoms with van der Waals surface area (Å²) in [7, 11) is 0. The fourth-order valence-corrected chi connectivity index (χ4v) is 3.51. The van der Waals surface area contributed by atoms with Gasteiger partial charge in [0, 0.05) is 19.0 Å². The third kappa shape index (κ3) is 3.13. The molecule has 0 radical (unpaired) electrons. The largest absolute Gasteiger partial charge is 0.340 e. The molecule has 1 N–H and O–H groups in total. The fourth-order valence-electron chi connectivity index (χ4n) is 3.51. The molecule has 0 aliphatic carbocycles. The van der Waals surface area contributed by atoms with Gasteiger partial charge in [-0.15, -0.1) is 0 Å². The van der Waals surface area contributed by atoms with Gasteiger partial charge >= 0.3 is 0 Å². The Morgan fingerprint density at radius 2 is 1.96 bits per heavy atom. The number of carbonyl (C=O) groups excluding carboxylic acids is 1. The van der Waals surface area contributed by atoms with E-state index in [0.29, 0.717) is 16.8 Å². The SMILES string of the molecule is CCC1CCCCN1C(=O)CCn1[nH]c(=O)c2ccccc2c1=O. The van der Waals surface area contributed by atoms with Crippen molar-refractivity contribution in [2.24, 2.45) is 0 Å². The highest BCUT2D eigenvalue weighted by Gasteiger charge is 2.25. The van der Waals surface area contributed by atoms with Crippen LogP contribution in [0, 0.1) is 0 Å². The Labute approximate surface area is 140 Å². The summed E-state index contributed by atoms with van der Waals surface area (Å²) in [5.74, 6) is 0.0578. The monoisotopic (exact) mass is 329 g/mol. The van der Waals surface area contributed by atoms with Crippen LogP contribution < -0.4 is 11.1 Å². The molecule has 1 unspecified atom stereocenters. The predicted octanol–water partition coefficient (Wildman–Crippen LogP) is 1.87. The second kappa shape index (κ2) is 7.03. The number of likely N-dealkylation sites (tertiary alicyclic amines) is 1. The molecule has 0 bridgehead atoms. The van der Waals surface area contributed by atoms with Gasteiger partial charge in [0.2, 0.25) is 5.91 Å². The molecule has 1 aliphatic rings. The van der Waals surface area contributed by atoms with Crippen molar-refractivity contribution in [2.45, 2.75) is 51.6 Å². The summed E-state index contributed by atoms with van der Waals surface area (Å²) in [6, 6.07) is 7.04. The number of aryl methyl sites for hydroxylation is 1. The number of carbonyl (C=O) groups is 1. The predicted molar refractivity (Wildman–Crippen MR) is 93.1 cm³/mol. The highest BCUT2D eigenvalue weighted by atomic mass is 16.2. The van der Waals surface area contributed by atoms with E-state index in [4.69, 9.17) is 0 Å². The van der Waals surface area contributed by atoms with Gasteiger partial charge in [0.1, 0.15) is 0 Å². The molecule has 1 fully saturated rings. The number of benzene rings is 1. The summed E-state index contributed by atoms with van der Waals surface area (Å²) in [4.78, 5) is 39.0. The van der Waals surface area contributed by atoms with Crippen LogP contribution in [-0.2, 0) is 11.3 Å². The Hall–Kier alpha value is -2.37. The van der Waals surface area contributed by atoms with E-state index in [0.717, 1.165) is 25.8 Å². The van der Waals surface area contributed by atoms with Crippen molar-refractivity contribution in [1.82, 2.24) is 14.7 Å². The van der Waals surface area contributed by atoms with Crippen molar-refractivity contribution < 1.29 is 4.79 Å². The molecule has 0 spiro atoms. The number of nitrogens with zero attached hydrogens (tertiary/aromatic N) is 2. The number of hydrogen-bond acceptors (Lipinski definition) is 3. The molecule has 6 nitrogen and oxygen atoms in total. The minimum atomic E-state index is -0.304. The van der Waals surface area contributed by atoms with Gasteiger partial charge in [0.15, 0.2) is 0 Å². The van der Waals surface area contributed by atoms with Crippen molar-refractivity contribution in [3.8, 4) is 0 Å². The van der Waals surface area contributed by atoms with E-state index >= 15 is 0 Å². The van der Waals surface area contributed by atoms with Crippen LogP contribution in [0.4, 0.5) is 0 Å². The number of aromatic amines is 1. The van der Waals surface area contributed by atoms with Crippen LogP contribution in [0.3, 0.4) is 0 Å². The van der Waals surface area contributed by atoms with Crippen LogP contribution in [0.25, 0.3) is 10.8 Å². The molecule has 3 rings (SSSR count). The Bertz CT molecular complexity index is 852. The smallest absolute Gasteiger partial charge is 0.273 e. The first-order valence-corrected chi connectivity index (χ1v) is 8.63. The van der Waals surface area contributed by atoms with Gasteiger partial charge in [-0.1, -0.05) is 19.1 Å². The lowest BCUT2D eigenvalue weighted by atomic mass is 9.99. The molecular formula is C18H23N3O3. The van der Waals surface area contributed by atoms with Crippen LogP contribution in [0.1, 0.15) is 39.0 Å². The standard InChI is InChI=1S/C18H23N3O3/c1-2-13-7-5-6-11-20(13)16(22)10-12-21-18(24)15-9-4-3-8-14(15)17(23)19-21/h3-4,8-9,13H,2,5-7,10-12H2,1H3,(H,19,23). The molecule has 1 aliphatic heterocycles.